The summed E-state index contributed by atoms with van der Waals surface area (Å²) >= 11 is 3.97. The second-order valence-electron chi connectivity index (χ2n) is 1.59. The van der Waals surface area contributed by atoms with Crippen LogP contribution in [0.2, 0.25) is 0 Å². The molecule has 0 N–H and O–H groups in total. The summed E-state index contributed by atoms with van der Waals surface area (Å²) in [5.41, 5.74) is 0. The molecule has 58 valence electrons. The fraction of sp³-hybridized carbons (Fsp3) is 0.714. The summed E-state index contributed by atoms with van der Waals surface area (Å²) in [4.78, 5) is 0. The molecule has 3 heteroatoms. The molecule has 0 amide bonds. The van der Waals surface area contributed by atoms with E-state index in [1.54, 1.807) is 0 Å². The van der Waals surface area contributed by atoms with Crippen molar-refractivity contribution in [1.82, 2.24) is 0 Å². The van der Waals surface area contributed by atoms with Gasteiger partial charge in [0.25, 0.3) is 0 Å². The molecular weight excluding hydrogens is 148 g/mol. The Balaban J connectivity index is 2.72. The molecule has 0 aromatic carbocycles. The van der Waals surface area contributed by atoms with Crippen LogP contribution in [0.1, 0.15) is 0 Å². The summed E-state index contributed by atoms with van der Waals surface area (Å²) in [6.07, 6.45) is 4.94. The standard InChI is InChI=1S/C7H12O2S/c1-2-3-8-4-5-9-6-7-10/h1,10H,3-7H2. The Morgan fingerprint density at radius 2 is 1.90 bits per heavy atom. The van der Waals surface area contributed by atoms with E-state index >= 15 is 0 Å². The van der Waals surface area contributed by atoms with Crippen LogP contribution in [-0.4, -0.2) is 32.2 Å². The second-order valence-corrected chi connectivity index (χ2v) is 2.04. The topological polar surface area (TPSA) is 18.5 Å². The third-order valence-electron chi connectivity index (χ3n) is 0.793. The third-order valence-corrected chi connectivity index (χ3v) is 0.976. The van der Waals surface area contributed by atoms with Gasteiger partial charge in [0.15, 0.2) is 0 Å². The van der Waals surface area contributed by atoms with Crippen molar-refractivity contribution in [2.75, 3.05) is 32.2 Å². The number of thiol groups is 1. The van der Waals surface area contributed by atoms with Crippen molar-refractivity contribution in [2.24, 2.45) is 0 Å². The molecular formula is C7H12O2S. The van der Waals surface area contributed by atoms with E-state index in [-0.39, 0.29) is 0 Å². The Kier molecular flexibility index (Phi) is 8.68. The van der Waals surface area contributed by atoms with Gasteiger partial charge in [-0.2, -0.15) is 12.6 Å². The first-order valence-electron chi connectivity index (χ1n) is 3.11. The van der Waals surface area contributed by atoms with Gasteiger partial charge in [0.1, 0.15) is 6.61 Å². The third kappa shape index (κ3) is 7.83. The molecule has 0 radical (unpaired) electrons. The van der Waals surface area contributed by atoms with Gasteiger partial charge in [-0.1, -0.05) is 5.92 Å². The van der Waals surface area contributed by atoms with Gasteiger partial charge in [-0.3, -0.25) is 0 Å². The van der Waals surface area contributed by atoms with E-state index < -0.39 is 0 Å². The first kappa shape index (κ1) is 9.83. The molecule has 0 fully saturated rings. The van der Waals surface area contributed by atoms with Crippen molar-refractivity contribution >= 4 is 12.6 Å². The number of hydrogen-bond acceptors (Lipinski definition) is 3. The summed E-state index contributed by atoms with van der Waals surface area (Å²) in [7, 11) is 0. The molecule has 0 saturated carbocycles. The highest BCUT2D eigenvalue weighted by atomic mass is 32.1. The quantitative estimate of drug-likeness (QED) is 0.348. The lowest BCUT2D eigenvalue weighted by Crippen LogP contribution is -2.05. The summed E-state index contributed by atoms with van der Waals surface area (Å²) in [6.45, 7) is 2.20. The Labute approximate surface area is 67.3 Å². The van der Waals surface area contributed by atoms with Crippen molar-refractivity contribution in [3.8, 4) is 12.3 Å². The van der Waals surface area contributed by atoms with Crippen LogP contribution in [0.3, 0.4) is 0 Å². The van der Waals surface area contributed by atoms with Gasteiger partial charge in [0.2, 0.25) is 0 Å². The summed E-state index contributed by atoms with van der Waals surface area (Å²) in [5.74, 6) is 3.11. The molecule has 0 rings (SSSR count). The van der Waals surface area contributed by atoms with Crippen molar-refractivity contribution in [1.29, 1.82) is 0 Å². The molecule has 2 nitrogen and oxygen atoms in total. The molecule has 0 aliphatic heterocycles. The maximum absolute atomic E-state index is 5.06. The van der Waals surface area contributed by atoms with Crippen LogP contribution in [0.5, 0.6) is 0 Å². The number of rotatable bonds is 6. The van der Waals surface area contributed by atoms with Crippen molar-refractivity contribution in [2.45, 2.75) is 0 Å². The highest BCUT2D eigenvalue weighted by molar-refractivity contribution is 7.80. The van der Waals surface area contributed by atoms with Gasteiger partial charge in [-0.05, 0) is 0 Å². The van der Waals surface area contributed by atoms with E-state index in [2.05, 4.69) is 18.5 Å². The average Bonchev–Trinajstić information content (AvgIpc) is 1.97. The van der Waals surface area contributed by atoms with Gasteiger partial charge in [0, 0.05) is 5.75 Å². The van der Waals surface area contributed by atoms with Crippen molar-refractivity contribution in [3.05, 3.63) is 0 Å². The number of terminal acetylenes is 1. The minimum atomic E-state index is 0.365. The molecule has 0 unspecified atom stereocenters. The van der Waals surface area contributed by atoms with Gasteiger partial charge < -0.3 is 9.47 Å². The molecule has 0 aliphatic rings. The van der Waals surface area contributed by atoms with Crippen LogP contribution >= 0.6 is 12.6 Å². The SMILES string of the molecule is C#CCOCCOCCS. The van der Waals surface area contributed by atoms with Crippen molar-refractivity contribution in [3.63, 3.8) is 0 Å². The zero-order chi connectivity index (χ0) is 7.66. The fourth-order valence-electron chi connectivity index (χ4n) is 0.416. The molecule has 0 aromatic rings. The van der Waals surface area contributed by atoms with Crippen LogP contribution < -0.4 is 0 Å². The molecule has 10 heavy (non-hydrogen) atoms. The van der Waals surface area contributed by atoms with E-state index in [1.807, 2.05) is 0 Å². The number of hydrogen-bond donors (Lipinski definition) is 1. The molecule has 0 saturated heterocycles. The Hall–Kier alpha value is -0.170. The van der Waals surface area contributed by atoms with Crippen LogP contribution in [0.15, 0.2) is 0 Å². The first-order chi connectivity index (χ1) is 4.91. The first-order valence-corrected chi connectivity index (χ1v) is 3.75. The molecule has 0 aromatic heterocycles. The Bertz CT molecular complexity index is 98.3. The summed E-state index contributed by atoms with van der Waals surface area (Å²) in [5, 5.41) is 0. The predicted molar refractivity (Wildman–Crippen MR) is 44.3 cm³/mol. The smallest absolute Gasteiger partial charge is 0.107 e. The minimum Gasteiger partial charge on any atom is -0.378 e. The van der Waals surface area contributed by atoms with Crippen LogP contribution in [0, 0.1) is 12.3 Å². The summed E-state index contributed by atoms with van der Waals surface area (Å²) < 4.78 is 10.0. The Morgan fingerprint density at radius 1 is 1.20 bits per heavy atom. The lowest BCUT2D eigenvalue weighted by Gasteiger charge is -2.00. The fourth-order valence-corrected chi connectivity index (χ4v) is 0.545. The number of ether oxygens (including phenoxy) is 2. The highest BCUT2D eigenvalue weighted by Crippen LogP contribution is 1.79. The maximum atomic E-state index is 5.06. The Morgan fingerprint density at radius 3 is 2.50 bits per heavy atom. The second kappa shape index (κ2) is 8.83. The maximum Gasteiger partial charge on any atom is 0.107 e. The van der Waals surface area contributed by atoms with E-state index in [9.17, 15) is 0 Å². The van der Waals surface area contributed by atoms with Gasteiger partial charge >= 0.3 is 0 Å². The van der Waals surface area contributed by atoms with E-state index in [1.165, 1.54) is 0 Å². The normalized spacial score (nSPS) is 9.20. The molecule has 0 bridgehead atoms. The monoisotopic (exact) mass is 160 g/mol. The van der Waals surface area contributed by atoms with E-state index in [4.69, 9.17) is 15.9 Å². The largest absolute Gasteiger partial charge is 0.378 e. The van der Waals surface area contributed by atoms with Gasteiger partial charge in [0.05, 0.1) is 19.8 Å². The minimum absolute atomic E-state index is 0.365. The molecule has 0 aliphatic carbocycles. The van der Waals surface area contributed by atoms with Crippen LogP contribution in [0.4, 0.5) is 0 Å². The zero-order valence-electron chi connectivity index (χ0n) is 5.88. The lowest BCUT2D eigenvalue weighted by molar-refractivity contribution is 0.0675. The van der Waals surface area contributed by atoms with Crippen molar-refractivity contribution < 1.29 is 9.47 Å². The average molecular weight is 160 g/mol. The molecule has 0 spiro atoms. The van der Waals surface area contributed by atoms with Gasteiger partial charge in [-0.25, -0.2) is 0 Å². The van der Waals surface area contributed by atoms with Crippen LogP contribution in [0.25, 0.3) is 0 Å². The zero-order valence-corrected chi connectivity index (χ0v) is 6.77. The molecule has 0 atom stereocenters. The lowest BCUT2D eigenvalue weighted by atomic mass is 10.7. The predicted octanol–water partition coefficient (Wildman–Crippen LogP) is 0.583. The van der Waals surface area contributed by atoms with E-state index in [0.29, 0.717) is 26.4 Å². The van der Waals surface area contributed by atoms with Crippen LogP contribution in [-0.2, 0) is 9.47 Å². The molecule has 0 heterocycles. The summed E-state index contributed by atoms with van der Waals surface area (Å²) in [6, 6.07) is 0. The van der Waals surface area contributed by atoms with Gasteiger partial charge in [-0.15, -0.1) is 6.42 Å². The highest BCUT2D eigenvalue weighted by Gasteiger charge is 1.85. The van der Waals surface area contributed by atoms with E-state index in [0.717, 1.165) is 5.75 Å².